The molecule has 1 fully saturated rings. The van der Waals surface area contributed by atoms with Crippen molar-refractivity contribution in [3.63, 3.8) is 0 Å². The summed E-state index contributed by atoms with van der Waals surface area (Å²) in [7, 11) is -0.905. The second kappa shape index (κ2) is 7.91. The first-order valence-electron chi connectivity index (χ1n) is 9.56. The fourth-order valence-corrected chi connectivity index (χ4v) is 3.63. The van der Waals surface area contributed by atoms with Crippen LogP contribution in [0.4, 0.5) is 17.5 Å². The average Bonchev–Trinajstić information content (AvgIpc) is 2.71. The Balaban J connectivity index is 1.52. The van der Waals surface area contributed by atoms with E-state index < -0.39 is 7.12 Å². The predicted octanol–water partition coefficient (Wildman–Crippen LogP) is 3.45. The van der Waals surface area contributed by atoms with Crippen molar-refractivity contribution < 1.29 is 9.68 Å². The van der Waals surface area contributed by atoms with E-state index in [2.05, 4.69) is 26.7 Å². The Labute approximate surface area is 164 Å². The molecule has 1 aromatic heterocycles. The van der Waals surface area contributed by atoms with Crippen LogP contribution in [0.5, 0.6) is 5.75 Å². The Morgan fingerprint density at radius 2 is 2.18 bits per heavy atom. The highest BCUT2D eigenvalue weighted by Gasteiger charge is 2.25. The molecule has 8 heteroatoms. The maximum Gasteiger partial charge on any atom is 0.552 e. The Morgan fingerprint density at radius 1 is 1.32 bits per heavy atom. The number of aromatic nitrogens is 2. The molecule has 1 aliphatic carbocycles. The van der Waals surface area contributed by atoms with Gasteiger partial charge in [0, 0.05) is 29.1 Å². The van der Waals surface area contributed by atoms with Crippen LogP contribution in [0, 0.1) is 24.2 Å². The van der Waals surface area contributed by atoms with Gasteiger partial charge in [-0.25, -0.2) is 4.98 Å². The van der Waals surface area contributed by atoms with Gasteiger partial charge in [0.2, 0.25) is 5.95 Å². The molecule has 0 spiro atoms. The number of nitriles is 1. The van der Waals surface area contributed by atoms with E-state index >= 15 is 0 Å². The van der Waals surface area contributed by atoms with E-state index in [1.165, 1.54) is 0 Å². The molecule has 142 valence electrons. The van der Waals surface area contributed by atoms with Crippen molar-refractivity contribution in [1.82, 2.24) is 9.97 Å². The highest BCUT2D eigenvalue weighted by Crippen LogP contribution is 2.30. The highest BCUT2D eigenvalue weighted by molar-refractivity contribution is 6.51. The minimum absolute atomic E-state index is 0.0160. The quantitative estimate of drug-likeness (QED) is 0.704. The second-order valence-electron chi connectivity index (χ2n) is 7.24. The summed E-state index contributed by atoms with van der Waals surface area (Å²) in [4.78, 5) is 9.00. The van der Waals surface area contributed by atoms with Crippen molar-refractivity contribution in [1.29, 1.82) is 5.26 Å². The molecule has 0 radical (unpaired) electrons. The predicted molar refractivity (Wildman–Crippen MR) is 109 cm³/mol. The van der Waals surface area contributed by atoms with Crippen LogP contribution in [-0.2, 0) is 0 Å². The van der Waals surface area contributed by atoms with Crippen molar-refractivity contribution in [2.75, 3.05) is 10.6 Å². The number of benzene rings is 1. The van der Waals surface area contributed by atoms with Gasteiger partial charge in [-0.15, -0.1) is 0 Å². The molecule has 0 amide bonds. The van der Waals surface area contributed by atoms with Crippen LogP contribution >= 0.6 is 0 Å². The molecule has 2 atom stereocenters. The van der Waals surface area contributed by atoms with Crippen molar-refractivity contribution >= 4 is 30.6 Å². The third kappa shape index (κ3) is 3.95. The lowest BCUT2D eigenvalue weighted by Gasteiger charge is -2.28. The summed E-state index contributed by atoms with van der Waals surface area (Å²) in [6.45, 7) is 1.96. The fourth-order valence-electron chi connectivity index (χ4n) is 3.63. The molecule has 0 bridgehead atoms. The number of anilines is 3. The Bertz CT molecular complexity index is 943. The summed E-state index contributed by atoms with van der Waals surface area (Å²) in [6.07, 6.45) is 7.75. The fraction of sp³-hybridized carbons (Fsp3) is 0.350. The summed E-state index contributed by atoms with van der Waals surface area (Å²) < 4.78 is 5.35. The smallest absolute Gasteiger partial charge is 0.532 e. The van der Waals surface area contributed by atoms with Gasteiger partial charge in [0.15, 0.2) is 0 Å². The maximum absolute atomic E-state index is 9.52. The first-order chi connectivity index (χ1) is 13.6. The van der Waals surface area contributed by atoms with E-state index in [-0.39, 0.29) is 12.0 Å². The van der Waals surface area contributed by atoms with Crippen molar-refractivity contribution in [3.8, 4) is 11.8 Å². The number of hydrogen-bond acceptors (Lipinski definition) is 7. The van der Waals surface area contributed by atoms with Gasteiger partial charge in [0.05, 0.1) is 12.0 Å². The molecule has 2 aliphatic rings. The van der Waals surface area contributed by atoms with Crippen LogP contribution < -0.4 is 15.3 Å². The molecule has 2 heterocycles. The zero-order valence-corrected chi connectivity index (χ0v) is 15.7. The normalized spacial score (nSPS) is 20.7. The number of fused-ring (bicyclic) bond motifs is 1. The van der Waals surface area contributed by atoms with Gasteiger partial charge < -0.3 is 20.3 Å². The van der Waals surface area contributed by atoms with Gasteiger partial charge in [0.1, 0.15) is 11.6 Å². The highest BCUT2D eigenvalue weighted by atomic mass is 16.5. The zero-order chi connectivity index (χ0) is 19.5. The van der Waals surface area contributed by atoms with Gasteiger partial charge in [-0.1, -0.05) is 18.9 Å². The standard InChI is InChI=1S/C20H22BN5O2/c1-13-12-23-20(26-19(13)25-17-5-3-2-4-15(17)11-22)24-16-6-7-18-14(10-16)8-9-21(27)28-18/h6-10,12,15,17,27H,2-5H2,1H3,(H2,23,24,25,26). The number of rotatable bonds is 4. The Morgan fingerprint density at radius 3 is 3.04 bits per heavy atom. The van der Waals surface area contributed by atoms with E-state index in [1.54, 1.807) is 18.2 Å². The molecular formula is C20H22BN5O2. The second-order valence-corrected chi connectivity index (χ2v) is 7.24. The number of hydrogen-bond donors (Lipinski definition) is 3. The number of nitrogens with zero attached hydrogens (tertiary/aromatic N) is 3. The topological polar surface area (TPSA) is 103 Å². The Hall–Kier alpha value is -3.05. The summed E-state index contributed by atoms with van der Waals surface area (Å²) >= 11 is 0. The van der Waals surface area contributed by atoms with Gasteiger partial charge in [-0.3, -0.25) is 0 Å². The molecule has 4 rings (SSSR count). The molecule has 0 saturated heterocycles. The molecule has 2 aromatic rings. The minimum Gasteiger partial charge on any atom is -0.532 e. The van der Waals surface area contributed by atoms with Gasteiger partial charge in [-0.05, 0) is 43.9 Å². The molecule has 28 heavy (non-hydrogen) atoms. The lowest BCUT2D eigenvalue weighted by atomic mass is 9.85. The third-order valence-corrected chi connectivity index (χ3v) is 5.18. The summed E-state index contributed by atoms with van der Waals surface area (Å²) in [5, 5.41) is 25.6. The van der Waals surface area contributed by atoms with Crippen LogP contribution in [-0.4, -0.2) is 28.2 Å². The van der Waals surface area contributed by atoms with Crippen LogP contribution in [0.15, 0.2) is 30.4 Å². The summed E-state index contributed by atoms with van der Waals surface area (Å²) in [5.74, 6) is 3.48. The van der Waals surface area contributed by atoms with E-state index in [9.17, 15) is 10.3 Å². The van der Waals surface area contributed by atoms with Crippen LogP contribution in [0.1, 0.15) is 36.8 Å². The molecule has 3 N–H and O–H groups in total. The van der Waals surface area contributed by atoms with Crippen molar-refractivity contribution in [2.24, 2.45) is 5.92 Å². The zero-order valence-electron chi connectivity index (χ0n) is 15.7. The number of aryl methyl sites for hydroxylation is 1. The minimum atomic E-state index is -0.905. The molecular weight excluding hydrogens is 353 g/mol. The maximum atomic E-state index is 9.52. The molecule has 1 saturated carbocycles. The van der Waals surface area contributed by atoms with E-state index in [1.807, 2.05) is 25.1 Å². The van der Waals surface area contributed by atoms with Crippen LogP contribution in [0.2, 0.25) is 0 Å². The summed E-state index contributed by atoms with van der Waals surface area (Å²) in [6, 6.07) is 8.12. The molecule has 2 unspecified atom stereocenters. The first kappa shape index (κ1) is 18.3. The van der Waals surface area contributed by atoms with Crippen molar-refractivity contribution in [2.45, 2.75) is 38.6 Å². The van der Waals surface area contributed by atoms with Gasteiger partial charge in [0.25, 0.3) is 0 Å². The lowest BCUT2D eigenvalue weighted by Crippen LogP contribution is -2.32. The van der Waals surface area contributed by atoms with Gasteiger partial charge in [-0.2, -0.15) is 10.2 Å². The number of nitrogens with one attached hydrogen (secondary N) is 2. The monoisotopic (exact) mass is 375 g/mol. The van der Waals surface area contributed by atoms with Gasteiger partial charge >= 0.3 is 7.12 Å². The average molecular weight is 375 g/mol. The summed E-state index contributed by atoms with van der Waals surface area (Å²) in [5.41, 5.74) is 2.65. The molecule has 1 aromatic carbocycles. The lowest BCUT2D eigenvalue weighted by molar-refractivity contribution is 0.388. The van der Waals surface area contributed by atoms with E-state index in [0.717, 1.165) is 48.3 Å². The van der Waals surface area contributed by atoms with Crippen LogP contribution in [0.25, 0.3) is 6.08 Å². The van der Waals surface area contributed by atoms with E-state index in [4.69, 9.17) is 4.65 Å². The largest absolute Gasteiger partial charge is 0.552 e. The Kier molecular flexibility index (Phi) is 5.17. The third-order valence-electron chi connectivity index (χ3n) is 5.18. The van der Waals surface area contributed by atoms with E-state index in [0.29, 0.717) is 11.7 Å². The van der Waals surface area contributed by atoms with Crippen molar-refractivity contribution in [3.05, 3.63) is 41.5 Å². The first-order valence-corrected chi connectivity index (χ1v) is 9.56. The molecule has 7 nitrogen and oxygen atoms in total. The molecule has 1 aliphatic heterocycles. The van der Waals surface area contributed by atoms with Crippen LogP contribution in [0.3, 0.4) is 0 Å². The SMILES string of the molecule is Cc1cnc(Nc2ccc3c(c2)C=CB(O)O3)nc1NC1CCCCC1C#N.